The number of allylic oxidation sites excluding steroid dienone is 4. The minimum Gasteiger partial charge on any atom is -0.0974 e. The molecule has 0 spiro atoms. The first kappa shape index (κ1) is 12.3. The predicted molar refractivity (Wildman–Crippen MR) is 70.4 cm³/mol. The van der Waals surface area contributed by atoms with Crippen LogP contribution in [-0.2, 0) is 0 Å². The number of hydrogen-bond donors (Lipinski definition) is 0. The molecule has 1 aliphatic rings. The molecular formula is C12H20S2. The van der Waals surface area contributed by atoms with Gasteiger partial charge in [0.05, 0.1) is 0 Å². The van der Waals surface area contributed by atoms with Gasteiger partial charge in [-0.1, -0.05) is 51.2 Å². The molecule has 1 aliphatic heterocycles. The molecule has 0 amide bonds. The molecular weight excluding hydrogens is 208 g/mol. The Balaban J connectivity index is 2.86. The molecule has 0 bridgehead atoms. The zero-order valence-corrected chi connectivity index (χ0v) is 11.3. The van der Waals surface area contributed by atoms with Crippen molar-refractivity contribution in [3.05, 3.63) is 19.6 Å². The summed E-state index contributed by atoms with van der Waals surface area (Å²) in [6.07, 6.45) is 4.78. The van der Waals surface area contributed by atoms with E-state index in [1.165, 1.54) is 25.7 Å². The lowest BCUT2D eigenvalue weighted by Crippen LogP contribution is -1.94. The van der Waals surface area contributed by atoms with Gasteiger partial charge in [0.25, 0.3) is 0 Å². The SMILES string of the molecule is CCC1=C(CC)SC(CC)=C(CC)S1. The molecule has 1 heterocycles. The molecule has 0 unspecified atom stereocenters. The topological polar surface area (TPSA) is 0 Å². The fraction of sp³-hybridized carbons (Fsp3) is 0.667. The van der Waals surface area contributed by atoms with E-state index in [9.17, 15) is 0 Å². The summed E-state index contributed by atoms with van der Waals surface area (Å²) in [4.78, 5) is 6.41. The van der Waals surface area contributed by atoms with Crippen molar-refractivity contribution in [1.82, 2.24) is 0 Å². The molecule has 80 valence electrons. The minimum absolute atomic E-state index is 1.20. The summed E-state index contributed by atoms with van der Waals surface area (Å²) in [6.45, 7) is 9.07. The fourth-order valence-electron chi connectivity index (χ4n) is 1.60. The zero-order valence-electron chi connectivity index (χ0n) is 9.64. The Kier molecular flexibility index (Phi) is 5.18. The van der Waals surface area contributed by atoms with E-state index >= 15 is 0 Å². The van der Waals surface area contributed by atoms with Crippen LogP contribution in [0.5, 0.6) is 0 Å². The normalized spacial score (nSPS) is 18.0. The Hall–Kier alpha value is 0.180. The lowest BCUT2D eigenvalue weighted by atomic mass is 10.3. The molecule has 0 aromatic carbocycles. The first-order valence-corrected chi connectivity index (χ1v) is 7.19. The third kappa shape index (κ3) is 2.60. The second-order valence-corrected chi connectivity index (χ2v) is 5.69. The lowest BCUT2D eigenvalue weighted by Gasteiger charge is -2.22. The third-order valence-electron chi connectivity index (χ3n) is 2.40. The first-order valence-electron chi connectivity index (χ1n) is 5.56. The molecule has 0 radical (unpaired) electrons. The Bertz CT molecular complexity index is 209. The Morgan fingerprint density at radius 1 is 0.571 bits per heavy atom. The number of thioether (sulfide) groups is 2. The molecule has 0 N–H and O–H groups in total. The third-order valence-corrected chi connectivity index (χ3v) is 5.78. The highest BCUT2D eigenvalue weighted by Crippen LogP contribution is 2.49. The average molecular weight is 228 g/mol. The highest BCUT2D eigenvalue weighted by molar-refractivity contribution is 8.13. The van der Waals surface area contributed by atoms with Crippen molar-refractivity contribution in [3.8, 4) is 0 Å². The van der Waals surface area contributed by atoms with Crippen LogP contribution in [-0.4, -0.2) is 0 Å². The van der Waals surface area contributed by atoms with E-state index in [0.717, 1.165) is 0 Å². The first-order chi connectivity index (χ1) is 6.76. The Morgan fingerprint density at radius 2 is 0.786 bits per heavy atom. The monoisotopic (exact) mass is 228 g/mol. The molecule has 0 aromatic rings. The molecule has 14 heavy (non-hydrogen) atoms. The van der Waals surface area contributed by atoms with Gasteiger partial charge in [0, 0.05) is 0 Å². The minimum atomic E-state index is 1.20. The van der Waals surface area contributed by atoms with E-state index in [-0.39, 0.29) is 0 Å². The fourth-order valence-corrected chi connectivity index (χ4v) is 4.31. The van der Waals surface area contributed by atoms with Crippen molar-refractivity contribution in [2.45, 2.75) is 53.4 Å². The van der Waals surface area contributed by atoms with Gasteiger partial charge in [-0.3, -0.25) is 0 Å². The van der Waals surface area contributed by atoms with Gasteiger partial charge < -0.3 is 0 Å². The van der Waals surface area contributed by atoms with Crippen LogP contribution in [0.25, 0.3) is 0 Å². The van der Waals surface area contributed by atoms with Crippen molar-refractivity contribution in [1.29, 1.82) is 0 Å². The Labute approximate surface area is 96.6 Å². The maximum absolute atomic E-state index is 2.27. The van der Waals surface area contributed by atoms with Crippen molar-refractivity contribution in [3.63, 3.8) is 0 Å². The van der Waals surface area contributed by atoms with Gasteiger partial charge >= 0.3 is 0 Å². The van der Waals surface area contributed by atoms with Crippen molar-refractivity contribution < 1.29 is 0 Å². The van der Waals surface area contributed by atoms with E-state index in [1.807, 2.05) is 23.5 Å². The van der Waals surface area contributed by atoms with E-state index in [1.54, 1.807) is 19.6 Å². The average Bonchev–Trinajstić information content (AvgIpc) is 2.26. The molecule has 0 aliphatic carbocycles. The second kappa shape index (κ2) is 5.92. The van der Waals surface area contributed by atoms with Crippen LogP contribution < -0.4 is 0 Å². The van der Waals surface area contributed by atoms with E-state index in [0.29, 0.717) is 0 Å². The molecule has 0 saturated carbocycles. The summed E-state index contributed by atoms with van der Waals surface area (Å²) in [7, 11) is 0. The van der Waals surface area contributed by atoms with Gasteiger partial charge in [-0.15, -0.1) is 0 Å². The summed E-state index contributed by atoms with van der Waals surface area (Å²) in [5.41, 5.74) is 0. The quantitative estimate of drug-likeness (QED) is 0.620. The summed E-state index contributed by atoms with van der Waals surface area (Å²) >= 11 is 4.07. The predicted octanol–water partition coefficient (Wildman–Crippen LogP) is 5.53. The van der Waals surface area contributed by atoms with Crippen LogP contribution in [0.3, 0.4) is 0 Å². The maximum Gasteiger partial charge on any atom is -0.000967 e. The van der Waals surface area contributed by atoms with Crippen LogP contribution in [0.2, 0.25) is 0 Å². The highest BCUT2D eigenvalue weighted by Gasteiger charge is 2.17. The largest absolute Gasteiger partial charge is 0.0974 e. The summed E-state index contributed by atoms with van der Waals surface area (Å²) in [5.74, 6) is 0. The van der Waals surface area contributed by atoms with Crippen LogP contribution in [0.4, 0.5) is 0 Å². The van der Waals surface area contributed by atoms with Gasteiger partial charge in [-0.05, 0) is 45.3 Å². The Morgan fingerprint density at radius 3 is 0.929 bits per heavy atom. The maximum atomic E-state index is 2.27. The second-order valence-electron chi connectivity index (χ2n) is 3.31. The van der Waals surface area contributed by atoms with Crippen LogP contribution in [0.15, 0.2) is 19.6 Å². The highest BCUT2D eigenvalue weighted by atomic mass is 32.2. The molecule has 0 atom stereocenters. The number of hydrogen-bond acceptors (Lipinski definition) is 2. The van der Waals surface area contributed by atoms with E-state index in [2.05, 4.69) is 27.7 Å². The molecule has 0 nitrogen and oxygen atoms in total. The van der Waals surface area contributed by atoms with Crippen molar-refractivity contribution in [2.75, 3.05) is 0 Å². The van der Waals surface area contributed by atoms with Crippen molar-refractivity contribution >= 4 is 23.5 Å². The van der Waals surface area contributed by atoms with E-state index < -0.39 is 0 Å². The summed E-state index contributed by atoms with van der Waals surface area (Å²) < 4.78 is 0. The van der Waals surface area contributed by atoms with Gasteiger partial charge in [-0.2, -0.15) is 0 Å². The number of rotatable bonds is 4. The summed E-state index contributed by atoms with van der Waals surface area (Å²) in [6, 6.07) is 0. The van der Waals surface area contributed by atoms with Crippen molar-refractivity contribution in [2.24, 2.45) is 0 Å². The molecule has 1 rings (SSSR count). The summed E-state index contributed by atoms with van der Waals surface area (Å²) in [5, 5.41) is 0. The standard InChI is InChI=1S/C12H20S2/c1-5-9-10(6-2)14-12(8-4)11(7-3)13-9/h5-8H2,1-4H3. The van der Waals surface area contributed by atoms with Crippen LogP contribution >= 0.6 is 23.5 Å². The van der Waals surface area contributed by atoms with Gasteiger partial charge in [-0.25, -0.2) is 0 Å². The lowest BCUT2D eigenvalue weighted by molar-refractivity contribution is 1.09. The van der Waals surface area contributed by atoms with Crippen LogP contribution in [0, 0.1) is 0 Å². The molecule has 2 heteroatoms. The zero-order chi connectivity index (χ0) is 10.6. The van der Waals surface area contributed by atoms with Crippen LogP contribution in [0.1, 0.15) is 53.4 Å². The van der Waals surface area contributed by atoms with Gasteiger partial charge in [0.1, 0.15) is 0 Å². The smallest absolute Gasteiger partial charge is 0.000967 e. The van der Waals surface area contributed by atoms with E-state index in [4.69, 9.17) is 0 Å². The van der Waals surface area contributed by atoms with Gasteiger partial charge in [0.2, 0.25) is 0 Å². The molecule has 0 aromatic heterocycles. The van der Waals surface area contributed by atoms with Gasteiger partial charge in [0.15, 0.2) is 0 Å². The molecule has 0 fully saturated rings. The molecule has 0 saturated heterocycles.